The number of fused-ring (bicyclic) bond motifs is 1. The highest BCUT2D eigenvalue weighted by molar-refractivity contribution is 5.77. The van der Waals surface area contributed by atoms with Gasteiger partial charge >= 0.3 is 5.97 Å². The van der Waals surface area contributed by atoms with E-state index in [1.807, 2.05) is 18.2 Å². The third kappa shape index (κ3) is 5.19. The molecule has 0 saturated carbocycles. The fourth-order valence-corrected chi connectivity index (χ4v) is 2.41. The summed E-state index contributed by atoms with van der Waals surface area (Å²) < 4.78 is 1.59. The summed E-state index contributed by atoms with van der Waals surface area (Å²) in [6.45, 7) is 0.726. The lowest BCUT2D eigenvalue weighted by Crippen LogP contribution is -2.25. The van der Waals surface area contributed by atoms with Crippen LogP contribution in [-0.4, -0.2) is 33.1 Å². The number of aromatic nitrogens is 2. The number of amides is 1. The molecule has 2 N–H and O–H groups in total. The Hall–Kier alpha value is -2.70. The van der Waals surface area contributed by atoms with Gasteiger partial charge in [0.05, 0.1) is 23.7 Å². The summed E-state index contributed by atoms with van der Waals surface area (Å²) in [6, 6.07) is 7.24. The van der Waals surface area contributed by atoms with Crippen molar-refractivity contribution in [2.45, 2.75) is 38.6 Å². The Bertz CT molecular complexity index is 770. The van der Waals surface area contributed by atoms with Gasteiger partial charge in [0, 0.05) is 19.5 Å². The number of hydrogen-bond acceptors (Lipinski definition) is 4. The van der Waals surface area contributed by atoms with E-state index >= 15 is 0 Å². The Morgan fingerprint density at radius 2 is 1.92 bits per heavy atom. The van der Waals surface area contributed by atoms with E-state index in [2.05, 4.69) is 10.3 Å². The minimum absolute atomic E-state index is 0.0491. The van der Waals surface area contributed by atoms with Crippen LogP contribution in [0.5, 0.6) is 0 Å². The largest absolute Gasteiger partial charge is 0.481 e. The summed E-state index contributed by atoms with van der Waals surface area (Å²) in [5, 5.41) is 11.7. The molecule has 0 aliphatic heterocycles. The van der Waals surface area contributed by atoms with Crippen molar-refractivity contribution in [3.63, 3.8) is 0 Å². The van der Waals surface area contributed by atoms with Gasteiger partial charge in [-0.2, -0.15) is 0 Å². The zero-order valence-corrected chi connectivity index (χ0v) is 13.4. The summed E-state index contributed by atoms with van der Waals surface area (Å²) in [7, 11) is 0. The monoisotopic (exact) mass is 331 g/mol. The van der Waals surface area contributed by atoms with Gasteiger partial charge in [-0.25, -0.2) is 4.98 Å². The van der Waals surface area contributed by atoms with Gasteiger partial charge < -0.3 is 10.4 Å². The molecular weight excluding hydrogens is 310 g/mol. The molecule has 1 aromatic carbocycles. The predicted octanol–water partition coefficient (Wildman–Crippen LogP) is 1.55. The first-order chi connectivity index (χ1) is 11.6. The molecule has 0 aliphatic carbocycles. The highest BCUT2D eigenvalue weighted by Gasteiger charge is 2.04. The van der Waals surface area contributed by atoms with Crippen LogP contribution in [0, 0.1) is 0 Å². The molecule has 0 radical (unpaired) electrons. The summed E-state index contributed by atoms with van der Waals surface area (Å²) in [5.41, 5.74) is 0.642. The maximum atomic E-state index is 12.3. The Balaban J connectivity index is 1.71. The standard InChI is InChI=1S/C17H21N3O4/c21-15(18-10-9-16(22)23)8-2-1-5-11-20-12-19-14-7-4-3-6-13(14)17(20)24/h3-4,6-7,12H,1-2,5,8-11H2,(H,18,21)(H,22,23). The molecule has 0 fully saturated rings. The van der Waals surface area contributed by atoms with E-state index in [4.69, 9.17) is 5.11 Å². The second-order valence-corrected chi connectivity index (χ2v) is 5.56. The van der Waals surface area contributed by atoms with Crippen LogP contribution in [0.2, 0.25) is 0 Å². The molecular formula is C17H21N3O4. The van der Waals surface area contributed by atoms with Gasteiger partial charge in [-0.05, 0) is 25.0 Å². The van der Waals surface area contributed by atoms with Gasteiger partial charge in [0.25, 0.3) is 5.56 Å². The number of carboxylic acid groups (broad SMARTS) is 1. The van der Waals surface area contributed by atoms with E-state index in [0.29, 0.717) is 30.3 Å². The van der Waals surface area contributed by atoms with Crippen LogP contribution in [0.15, 0.2) is 35.4 Å². The van der Waals surface area contributed by atoms with Crippen molar-refractivity contribution in [1.29, 1.82) is 0 Å². The maximum absolute atomic E-state index is 12.3. The van der Waals surface area contributed by atoms with Crippen molar-refractivity contribution in [3.8, 4) is 0 Å². The SMILES string of the molecule is O=C(O)CCNC(=O)CCCCCn1cnc2ccccc2c1=O. The van der Waals surface area contributed by atoms with E-state index in [9.17, 15) is 14.4 Å². The van der Waals surface area contributed by atoms with Gasteiger partial charge in [0.1, 0.15) is 0 Å². The number of carbonyl (C=O) groups excluding carboxylic acids is 1. The highest BCUT2D eigenvalue weighted by atomic mass is 16.4. The van der Waals surface area contributed by atoms with Crippen molar-refractivity contribution in [3.05, 3.63) is 40.9 Å². The van der Waals surface area contributed by atoms with Gasteiger partial charge in [0.15, 0.2) is 0 Å². The number of unbranched alkanes of at least 4 members (excludes halogenated alkanes) is 2. The number of benzene rings is 1. The molecule has 0 aliphatic rings. The zero-order valence-electron chi connectivity index (χ0n) is 13.4. The first-order valence-electron chi connectivity index (χ1n) is 8.00. The molecule has 0 spiro atoms. The number of carbonyl (C=O) groups is 2. The van der Waals surface area contributed by atoms with Crippen LogP contribution in [0.1, 0.15) is 32.1 Å². The summed E-state index contributed by atoms with van der Waals surface area (Å²) in [4.78, 5) is 38.4. The normalized spacial score (nSPS) is 10.7. The van der Waals surface area contributed by atoms with Gasteiger partial charge in [-0.15, -0.1) is 0 Å². The number of nitrogens with one attached hydrogen (secondary N) is 1. The Morgan fingerprint density at radius 1 is 1.12 bits per heavy atom. The average molecular weight is 331 g/mol. The smallest absolute Gasteiger partial charge is 0.305 e. The molecule has 0 saturated heterocycles. The van der Waals surface area contributed by atoms with Crippen molar-refractivity contribution < 1.29 is 14.7 Å². The van der Waals surface area contributed by atoms with Crippen LogP contribution in [0.4, 0.5) is 0 Å². The number of rotatable bonds is 9. The lowest BCUT2D eigenvalue weighted by molar-refractivity contribution is -0.136. The van der Waals surface area contributed by atoms with Crippen LogP contribution >= 0.6 is 0 Å². The molecule has 1 amide bonds. The zero-order chi connectivity index (χ0) is 17.4. The first kappa shape index (κ1) is 17.7. The number of hydrogen-bond donors (Lipinski definition) is 2. The number of para-hydroxylation sites is 1. The average Bonchev–Trinajstić information content (AvgIpc) is 2.56. The minimum atomic E-state index is -0.926. The van der Waals surface area contributed by atoms with Crippen molar-refractivity contribution in [1.82, 2.24) is 14.9 Å². The molecule has 24 heavy (non-hydrogen) atoms. The third-order valence-corrected chi connectivity index (χ3v) is 3.70. The lowest BCUT2D eigenvalue weighted by Gasteiger charge is -2.07. The molecule has 128 valence electrons. The van der Waals surface area contributed by atoms with Gasteiger partial charge in [0.2, 0.25) is 5.91 Å². The molecule has 2 aromatic rings. The van der Waals surface area contributed by atoms with E-state index in [0.717, 1.165) is 12.8 Å². The third-order valence-electron chi connectivity index (χ3n) is 3.70. The predicted molar refractivity (Wildman–Crippen MR) is 89.7 cm³/mol. The molecule has 0 unspecified atom stereocenters. The maximum Gasteiger partial charge on any atom is 0.305 e. The molecule has 1 aromatic heterocycles. The first-order valence-corrected chi connectivity index (χ1v) is 8.00. The number of carboxylic acids is 1. The molecule has 2 rings (SSSR count). The van der Waals surface area contributed by atoms with Crippen molar-refractivity contribution in [2.75, 3.05) is 6.54 Å². The Kier molecular flexibility index (Phi) is 6.48. The van der Waals surface area contributed by atoms with E-state index in [1.54, 1.807) is 17.0 Å². The quantitative estimate of drug-likeness (QED) is 0.679. The van der Waals surface area contributed by atoms with E-state index < -0.39 is 5.97 Å². The second-order valence-electron chi connectivity index (χ2n) is 5.56. The molecule has 7 heteroatoms. The molecule has 0 atom stereocenters. The van der Waals surface area contributed by atoms with Crippen LogP contribution in [0.25, 0.3) is 10.9 Å². The summed E-state index contributed by atoms with van der Waals surface area (Å²) >= 11 is 0. The fourth-order valence-electron chi connectivity index (χ4n) is 2.41. The summed E-state index contributed by atoms with van der Waals surface area (Å²) in [5.74, 6) is -1.06. The van der Waals surface area contributed by atoms with Crippen molar-refractivity contribution in [2.24, 2.45) is 0 Å². The Labute approximate surface area is 139 Å². The van der Waals surface area contributed by atoms with E-state index in [-0.39, 0.29) is 24.4 Å². The fraction of sp³-hybridized carbons (Fsp3) is 0.412. The van der Waals surface area contributed by atoms with E-state index in [1.165, 1.54) is 0 Å². The molecule has 1 heterocycles. The van der Waals surface area contributed by atoms with Crippen molar-refractivity contribution >= 4 is 22.8 Å². The lowest BCUT2D eigenvalue weighted by atomic mass is 10.2. The summed E-state index contributed by atoms with van der Waals surface area (Å²) in [6.07, 6.45) is 4.15. The van der Waals surface area contributed by atoms with Crippen LogP contribution in [0.3, 0.4) is 0 Å². The van der Waals surface area contributed by atoms with Gasteiger partial charge in [-0.1, -0.05) is 18.6 Å². The highest BCUT2D eigenvalue weighted by Crippen LogP contribution is 2.06. The van der Waals surface area contributed by atoms with Crippen LogP contribution in [-0.2, 0) is 16.1 Å². The van der Waals surface area contributed by atoms with Gasteiger partial charge in [-0.3, -0.25) is 19.0 Å². The van der Waals surface area contributed by atoms with Crippen LogP contribution < -0.4 is 10.9 Å². The minimum Gasteiger partial charge on any atom is -0.481 e. The Morgan fingerprint density at radius 3 is 2.71 bits per heavy atom. The molecule has 7 nitrogen and oxygen atoms in total. The number of nitrogens with zero attached hydrogens (tertiary/aromatic N) is 2. The molecule has 0 bridgehead atoms. The second kappa shape index (κ2) is 8.81. The topological polar surface area (TPSA) is 101 Å². The number of aryl methyl sites for hydroxylation is 1. The number of aliphatic carboxylic acids is 1.